The zero-order valence-electron chi connectivity index (χ0n) is 16.8. The van der Waals surface area contributed by atoms with Gasteiger partial charge in [-0.1, -0.05) is 32.1 Å². The van der Waals surface area contributed by atoms with E-state index in [9.17, 15) is 18.3 Å². The van der Waals surface area contributed by atoms with Gasteiger partial charge < -0.3 is 9.84 Å². The zero-order chi connectivity index (χ0) is 21.3. The lowest BCUT2D eigenvalue weighted by Gasteiger charge is -2.40. The van der Waals surface area contributed by atoms with Gasteiger partial charge >= 0.3 is 5.97 Å². The Hall–Kier alpha value is -2.80. The van der Waals surface area contributed by atoms with Gasteiger partial charge in [-0.05, 0) is 54.2 Å². The number of hydrogen-bond acceptors (Lipinski definition) is 5. The summed E-state index contributed by atoms with van der Waals surface area (Å²) in [6, 6.07) is 8.99. The normalized spacial score (nSPS) is 18.8. The van der Waals surface area contributed by atoms with E-state index in [-0.39, 0.29) is 22.1 Å². The molecule has 0 aromatic heterocycles. The predicted octanol–water partition coefficient (Wildman–Crippen LogP) is 3.68. The first-order chi connectivity index (χ1) is 13.7. The maximum atomic E-state index is 13.6. The number of nitrogens with zero attached hydrogens (tertiary/aromatic N) is 1. The molecule has 6 nitrogen and oxygen atoms in total. The van der Waals surface area contributed by atoms with Crippen LogP contribution in [0.25, 0.3) is 0 Å². The van der Waals surface area contributed by atoms with E-state index in [0.29, 0.717) is 5.69 Å². The third kappa shape index (κ3) is 3.62. The number of ether oxygens (including phenoxy) is 1. The van der Waals surface area contributed by atoms with Crippen molar-refractivity contribution in [1.82, 2.24) is 0 Å². The number of benzene rings is 2. The van der Waals surface area contributed by atoms with Crippen LogP contribution in [0.2, 0.25) is 0 Å². The van der Waals surface area contributed by atoms with Gasteiger partial charge in [-0.2, -0.15) is 0 Å². The minimum Gasteiger partial charge on any atom is -0.507 e. The summed E-state index contributed by atoms with van der Waals surface area (Å²) < 4.78 is 33.3. The standard InChI is InChI=1S/C22H25NO5S/c1-5-15-7-9-20-16(12-15)11-14(3)19(6-2)23(20)29(26,27)17-8-10-21(24)18(13-17)22(25)28-4/h6-10,12-14,19,24H,2,5,11H2,1,3-4H3/t14-,19+/m1/s1. The highest BCUT2D eigenvalue weighted by atomic mass is 32.2. The third-order valence-electron chi connectivity index (χ3n) is 5.36. The Balaban J connectivity index is 2.19. The van der Waals surface area contributed by atoms with Gasteiger partial charge in [-0.15, -0.1) is 6.58 Å². The van der Waals surface area contributed by atoms with Crippen molar-refractivity contribution in [2.24, 2.45) is 5.92 Å². The quantitative estimate of drug-likeness (QED) is 0.595. The summed E-state index contributed by atoms with van der Waals surface area (Å²) in [7, 11) is -2.86. The van der Waals surface area contributed by atoms with E-state index in [1.807, 2.05) is 25.1 Å². The molecule has 1 aliphatic heterocycles. The molecule has 0 aliphatic carbocycles. The number of methoxy groups -OCH3 is 1. The Morgan fingerprint density at radius 2 is 2.03 bits per heavy atom. The van der Waals surface area contributed by atoms with E-state index < -0.39 is 22.0 Å². The van der Waals surface area contributed by atoms with Crippen LogP contribution in [0, 0.1) is 5.92 Å². The van der Waals surface area contributed by atoms with Crippen LogP contribution < -0.4 is 4.31 Å². The number of carbonyl (C=O) groups excluding carboxylic acids is 1. The molecule has 0 radical (unpaired) electrons. The smallest absolute Gasteiger partial charge is 0.341 e. The third-order valence-corrected chi connectivity index (χ3v) is 7.16. The molecule has 2 atom stereocenters. The van der Waals surface area contributed by atoms with Crippen molar-refractivity contribution in [3.63, 3.8) is 0 Å². The number of phenolic OH excluding ortho intramolecular Hbond substituents is 1. The first-order valence-corrected chi connectivity index (χ1v) is 10.9. The highest BCUT2D eigenvalue weighted by Crippen LogP contribution is 2.39. The fourth-order valence-corrected chi connectivity index (χ4v) is 5.56. The van der Waals surface area contributed by atoms with Crippen molar-refractivity contribution < 1.29 is 23.1 Å². The Morgan fingerprint density at radius 3 is 2.66 bits per heavy atom. The van der Waals surface area contributed by atoms with E-state index in [1.165, 1.54) is 23.5 Å². The summed E-state index contributed by atoms with van der Waals surface area (Å²) in [4.78, 5) is 11.8. The first-order valence-electron chi connectivity index (χ1n) is 9.44. The molecule has 0 saturated carbocycles. The maximum absolute atomic E-state index is 13.6. The van der Waals surface area contributed by atoms with Gasteiger partial charge in [-0.3, -0.25) is 4.31 Å². The summed E-state index contributed by atoms with van der Waals surface area (Å²) in [5, 5.41) is 9.94. The van der Waals surface area contributed by atoms with E-state index in [4.69, 9.17) is 0 Å². The molecule has 3 rings (SSSR count). The molecule has 1 aliphatic rings. The Kier molecular flexibility index (Phi) is 5.71. The summed E-state index contributed by atoms with van der Waals surface area (Å²) in [5.41, 5.74) is 2.52. The number of hydrogen-bond donors (Lipinski definition) is 1. The van der Waals surface area contributed by atoms with Crippen LogP contribution in [0.4, 0.5) is 5.69 Å². The molecule has 0 amide bonds. The van der Waals surface area contributed by atoms with Gasteiger partial charge in [0.2, 0.25) is 0 Å². The van der Waals surface area contributed by atoms with Crippen LogP contribution >= 0.6 is 0 Å². The molecule has 2 aromatic rings. The second kappa shape index (κ2) is 7.91. The highest BCUT2D eigenvalue weighted by molar-refractivity contribution is 7.92. The van der Waals surface area contributed by atoms with Crippen LogP contribution in [0.1, 0.15) is 35.3 Å². The molecule has 0 bridgehead atoms. The van der Waals surface area contributed by atoms with E-state index in [2.05, 4.69) is 18.2 Å². The molecule has 29 heavy (non-hydrogen) atoms. The second-order valence-electron chi connectivity index (χ2n) is 7.20. The zero-order valence-corrected chi connectivity index (χ0v) is 17.6. The summed E-state index contributed by atoms with van der Waals surface area (Å²) >= 11 is 0. The van der Waals surface area contributed by atoms with Crippen molar-refractivity contribution in [2.75, 3.05) is 11.4 Å². The van der Waals surface area contributed by atoms with Crippen molar-refractivity contribution in [3.05, 3.63) is 65.7 Å². The summed E-state index contributed by atoms with van der Waals surface area (Å²) in [6.07, 6.45) is 3.25. The number of aryl methyl sites for hydroxylation is 1. The lowest BCUT2D eigenvalue weighted by atomic mass is 9.87. The number of carbonyl (C=O) groups is 1. The van der Waals surface area contributed by atoms with Gasteiger partial charge in [0.05, 0.1) is 23.7 Å². The Labute approximate surface area is 171 Å². The van der Waals surface area contributed by atoms with Crippen LogP contribution in [-0.2, 0) is 27.6 Å². The van der Waals surface area contributed by atoms with E-state index in [1.54, 1.807) is 6.08 Å². The Morgan fingerprint density at radius 1 is 1.31 bits per heavy atom. The van der Waals surface area contributed by atoms with Gasteiger partial charge in [0.15, 0.2) is 0 Å². The number of aromatic hydroxyl groups is 1. The molecule has 0 fully saturated rings. The van der Waals surface area contributed by atoms with Gasteiger partial charge in [0.1, 0.15) is 11.3 Å². The fraction of sp³-hybridized carbons (Fsp3) is 0.318. The number of sulfonamides is 1. The molecule has 0 unspecified atom stereocenters. The number of anilines is 1. The van der Waals surface area contributed by atoms with Crippen LogP contribution in [0.5, 0.6) is 5.75 Å². The summed E-state index contributed by atoms with van der Waals surface area (Å²) in [5.74, 6) is -1.12. The van der Waals surface area contributed by atoms with Crippen molar-refractivity contribution in [2.45, 2.75) is 37.6 Å². The molecule has 2 aromatic carbocycles. The minimum absolute atomic E-state index is 0.0269. The molecule has 7 heteroatoms. The molecule has 0 spiro atoms. The Bertz CT molecular complexity index is 1060. The SMILES string of the molecule is C=C[C@H]1[C@H](C)Cc2cc(CC)ccc2N1S(=O)(=O)c1ccc(O)c(C(=O)OC)c1. The number of rotatable bonds is 5. The lowest BCUT2D eigenvalue weighted by Crippen LogP contribution is -2.46. The number of phenols is 1. The van der Waals surface area contributed by atoms with E-state index in [0.717, 1.165) is 30.0 Å². The fourth-order valence-electron chi connectivity index (χ4n) is 3.78. The van der Waals surface area contributed by atoms with Crippen molar-refractivity contribution in [3.8, 4) is 5.75 Å². The largest absolute Gasteiger partial charge is 0.507 e. The number of fused-ring (bicyclic) bond motifs is 1. The van der Waals surface area contributed by atoms with E-state index >= 15 is 0 Å². The van der Waals surface area contributed by atoms with Gasteiger partial charge in [0.25, 0.3) is 10.0 Å². The average molecular weight is 416 g/mol. The molecule has 1 N–H and O–H groups in total. The second-order valence-corrected chi connectivity index (χ2v) is 9.01. The highest BCUT2D eigenvalue weighted by Gasteiger charge is 2.38. The average Bonchev–Trinajstić information content (AvgIpc) is 2.71. The summed E-state index contributed by atoms with van der Waals surface area (Å²) in [6.45, 7) is 7.90. The monoisotopic (exact) mass is 415 g/mol. The van der Waals surface area contributed by atoms with Gasteiger partial charge in [-0.25, -0.2) is 13.2 Å². The molecule has 154 valence electrons. The maximum Gasteiger partial charge on any atom is 0.341 e. The van der Waals surface area contributed by atoms with Crippen LogP contribution in [0.3, 0.4) is 0 Å². The minimum atomic E-state index is -4.03. The topological polar surface area (TPSA) is 83.9 Å². The molecular weight excluding hydrogens is 390 g/mol. The van der Waals surface area contributed by atoms with Gasteiger partial charge in [0, 0.05) is 0 Å². The van der Waals surface area contributed by atoms with Crippen molar-refractivity contribution >= 4 is 21.7 Å². The molecule has 0 saturated heterocycles. The molecule has 1 heterocycles. The predicted molar refractivity (Wildman–Crippen MR) is 112 cm³/mol. The van der Waals surface area contributed by atoms with Crippen LogP contribution in [-0.4, -0.2) is 32.6 Å². The first kappa shape index (κ1) is 20.9. The van der Waals surface area contributed by atoms with Crippen LogP contribution in [0.15, 0.2) is 53.9 Å². The number of esters is 1. The van der Waals surface area contributed by atoms with Crippen molar-refractivity contribution in [1.29, 1.82) is 0 Å². The molecular formula is C22H25NO5S. The lowest BCUT2D eigenvalue weighted by molar-refractivity contribution is 0.0597.